The summed E-state index contributed by atoms with van der Waals surface area (Å²) in [5.41, 5.74) is 5.37. The number of amides is 2. The van der Waals surface area contributed by atoms with Gasteiger partial charge in [0.1, 0.15) is 18.1 Å². The van der Waals surface area contributed by atoms with E-state index >= 15 is 0 Å². The molecule has 0 spiro atoms. The number of aliphatic hydroxyl groups is 1. The zero-order valence-electron chi connectivity index (χ0n) is 11.9. The number of nitrogens with one attached hydrogen (secondary N) is 2. The van der Waals surface area contributed by atoms with Crippen LogP contribution in [-0.4, -0.2) is 52.7 Å². The number of carboxylic acids is 1. The Morgan fingerprint density at radius 1 is 1.15 bits per heavy atom. The lowest BCUT2D eigenvalue weighted by Crippen LogP contribution is -2.56. The van der Waals surface area contributed by atoms with E-state index in [1.165, 1.54) is 6.92 Å². The van der Waals surface area contributed by atoms with Crippen molar-refractivity contribution in [1.29, 1.82) is 0 Å². The number of carboxylic acid groups (broad SMARTS) is 1. The fourth-order valence-corrected chi connectivity index (χ4v) is 1.41. The molecule has 6 N–H and O–H groups in total. The smallest absolute Gasteiger partial charge is 0.325 e. The van der Waals surface area contributed by atoms with Crippen molar-refractivity contribution >= 4 is 17.8 Å². The molecule has 0 saturated carbocycles. The summed E-state index contributed by atoms with van der Waals surface area (Å²) in [7, 11) is 0. The summed E-state index contributed by atoms with van der Waals surface area (Å²) in [6.07, 6.45) is 0.605. The Morgan fingerprint density at radius 3 is 2.10 bits per heavy atom. The van der Waals surface area contributed by atoms with Crippen molar-refractivity contribution in [2.75, 3.05) is 6.61 Å². The minimum atomic E-state index is -1.17. The van der Waals surface area contributed by atoms with Gasteiger partial charge in [-0.15, -0.1) is 0 Å². The van der Waals surface area contributed by atoms with E-state index in [9.17, 15) is 14.4 Å². The molecule has 8 heteroatoms. The predicted octanol–water partition coefficient (Wildman–Crippen LogP) is -1.57. The maximum absolute atomic E-state index is 12.0. The van der Waals surface area contributed by atoms with E-state index < -0.39 is 42.5 Å². The first-order chi connectivity index (χ1) is 9.24. The van der Waals surface area contributed by atoms with E-state index in [4.69, 9.17) is 15.9 Å². The highest BCUT2D eigenvalue weighted by atomic mass is 16.4. The van der Waals surface area contributed by atoms with Crippen molar-refractivity contribution in [2.24, 2.45) is 11.7 Å². The number of aliphatic hydroxyl groups excluding tert-OH is 1. The molecule has 0 rings (SSSR count). The van der Waals surface area contributed by atoms with Gasteiger partial charge in [-0.3, -0.25) is 14.4 Å². The van der Waals surface area contributed by atoms with Crippen molar-refractivity contribution in [3.8, 4) is 0 Å². The molecule has 0 aromatic rings. The third-order valence-corrected chi connectivity index (χ3v) is 3.06. The van der Waals surface area contributed by atoms with E-state index in [0.29, 0.717) is 6.42 Å². The highest BCUT2D eigenvalue weighted by Crippen LogP contribution is 2.08. The lowest BCUT2D eigenvalue weighted by atomic mass is 9.97. The maximum atomic E-state index is 12.0. The van der Waals surface area contributed by atoms with Crippen molar-refractivity contribution in [3.05, 3.63) is 0 Å². The normalized spacial score (nSPS) is 16.6. The standard InChI is InChI=1S/C12H23N3O5/c1-4-6(2)9(15-10(17)8(13)5-16)11(18)14-7(3)12(19)20/h6-9,16H,4-5,13H2,1-3H3,(H,14,18)(H,15,17)(H,19,20)/t6-,7-,8-,9-/m0/s1. The van der Waals surface area contributed by atoms with Gasteiger partial charge in [0.05, 0.1) is 6.61 Å². The molecule has 116 valence electrons. The largest absolute Gasteiger partial charge is 0.480 e. The second kappa shape index (κ2) is 8.49. The molecular formula is C12H23N3O5. The van der Waals surface area contributed by atoms with Gasteiger partial charge in [0.25, 0.3) is 0 Å². The van der Waals surface area contributed by atoms with Crippen molar-refractivity contribution in [2.45, 2.75) is 45.3 Å². The van der Waals surface area contributed by atoms with Gasteiger partial charge in [-0.2, -0.15) is 0 Å². The Kier molecular flexibility index (Phi) is 7.78. The van der Waals surface area contributed by atoms with Crippen LogP contribution in [0.2, 0.25) is 0 Å². The highest BCUT2D eigenvalue weighted by molar-refractivity contribution is 5.91. The molecule has 0 unspecified atom stereocenters. The van der Waals surface area contributed by atoms with Crippen LogP contribution >= 0.6 is 0 Å². The topological polar surface area (TPSA) is 142 Å². The van der Waals surface area contributed by atoms with Gasteiger partial charge in [0.2, 0.25) is 11.8 Å². The number of hydrogen-bond donors (Lipinski definition) is 5. The van der Waals surface area contributed by atoms with Gasteiger partial charge in [-0.05, 0) is 12.8 Å². The molecule has 0 bridgehead atoms. The third-order valence-electron chi connectivity index (χ3n) is 3.06. The third kappa shape index (κ3) is 5.54. The molecule has 0 aliphatic carbocycles. The highest BCUT2D eigenvalue weighted by Gasteiger charge is 2.29. The molecule has 0 aromatic heterocycles. The number of hydrogen-bond acceptors (Lipinski definition) is 5. The molecular weight excluding hydrogens is 266 g/mol. The molecule has 4 atom stereocenters. The first-order valence-corrected chi connectivity index (χ1v) is 6.44. The van der Waals surface area contributed by atoms with Gasteiger partial charge in [-0.1, -0.05) is 20.3 Å². The molecule has 20 heavy (non-hydrogen) atoms. The lowest BCUT2D eigenvalue weighted by molar-refractivity contribution is -0.142. The number of carbonyl (C=O) groups is 3. The van der Waals surface area contributed by atoms with Gasteiger partial charge in [-0.25, -0.2) is 0 Å². The summed E-state index contributed by atoms with van der Waals surface area (Å²) >= 11 is 0. The van der Waals surface area contributed by atoms with Gasteiger partial charge < -0.3 is 26.6 Å². The Bertz CT molecular complexity index is 361. The molecule has 0 aliphatic heterocycles. The van der Waals surface area contributed by atoms with Crippen LogP contribution in [0.25, 0.3) is 0 Å². The number of rotatable bonds is 8. The number of aliphatic carboxylic acids is 1. The predicted molar refractivity (Wildman–Crippen MR) is 71.7 cm³/mol. The van der Waals surface area contributed by atoms with Gasteiger partial charge in [0, 0.05) is 0 Å². The van der Waals surface area contributed by atoms with E-state index in [0.717, 1.165) is 0 Å². The van der Waals surface area contributed by atoms with Crippen LogP contribution in [-0.2, 0) is 14.4 Å². The number of carbonyl (C=O) groups excluding carboxylic acids is 2. The first-order valence-electron chi connectivity index (χ1n) is 6.44. The molecule has 0 aromatic carbocycles. The van der Waals surface area contributed by atoms with Crippen LogP contribution in [0.15, 0.2) is 0 Å². The van der Waals surface area contributed by atoms with Crippen LogP contribution < -0.4 is 16.4 Å². The Labute approximate surface area is 117 Å². The molecule has 0 radical (unpaired) electrons. The van der Waals surface area contributed by atoms with Crippen molar-refractivity contribution in [3.63, 3.8) is 0 Å². The molecule has 0 saturated heterocycles. The summed E-state index contributed by atoms with van der Waals surface area (Å²) in [6, 6.07) is -3.07. The average Bonchev–Trinajstić information content (AvgIpc) is 2.42. The van der Waals surface area contributed by atoms with Crippen LogP contribution in [0, 0.1) is 5.92 Å². The second-order valence-electron chi connectivity index (χ2n) is 4.73. The van der Waals surface area contributed by atoms with E-state index in [-0.39, 0.29) is 5.92 Å². The summed E-state index contributed by atoms with van der Waals surface area (Å²) in [5, 5.41) is 22.3. The van der Waals surface area contributed by atoms with Crippen LogP contribution in [0.1, 0.15) is 27.2 Å². The number of nitrogens with two attached hydrogens (primary N) is 1. The molecule has 0 heterocycles. The zero-order chi connectivity index (χ0) is 15.9. The quantitative estimate of drug-likeness (QED) is 0.365. The summed E-state index contributed by atoms with van der Waals surface area (Å²) < 4.78 is 0. The van der Waals surface area contributed by atoms with E-state index in [2.05, 4.69) is 10.6 Å². The molecule has 0 fully saturated rings. The van der Waals surface area contributed by atoms with Gasteiger partial charge in [0.15, 0.2) is 0 Å². The maximum Gasteiger partial charge on any atom is 0.325 e. The van der Waals surface area contributed by atoms with E-state index in [1.807, 2.05) is 6.92 Å². The Balaban J connectivity index is 4.84. The Morgan fingerprint density at radius 2 is 1.70 bits per heavy atom. The minimum Gasteiger partial charge on any atom is -0.480 e. The Hall–Kier alpha value is -1.67. The fourth-order valence-electron chi connectivity index (χ4n) is 1.41. The average molecular weight is 289 g/mol. The SMILES string of the molecule is CC[C@H](C)[C@H](NC(=O)[C@@H](N)CO)C(=O)N[C@@H](C)C(=O)O. The minimum absolute atomic E-state index is 0.203. The van der Waals surface area contributed by atoms with Gasteiger partial charge >= 0.3 is 5.97 Å². The summed E-state index contributed by atoms with van der Waals surface area (Å²) in [4.78, 5) is 34.4. The van der Waals surface area contributed by atoms with Crippen LogP contribution in [0.4, 0.5) is 0 Å². The van der Waals surface area contributed by atoms with Crippen molar-refractivity contribution < 1.29 is 24.6 Å². The zero-order valence-corrected chi connectivity index (χ0v) is 11.9. The first kappa shape index (κ1) is 18.3. The summed E-state index contributed by atoms with van der Waals surface area (Å²) in [6.45, 7) is 4.38. The van der Waals surface area contributed by atoms with E-state index in [1.54, 1.807) is 6.92 Å². The van der Waals surface area contributed by atoms with Crippen LogP contribution in [0.3, 0.4) is 0 Å². The fraction of sp³-hybridized carbons (Fsp3) is 0.750. The molecule has 0 aliphatic rings. The lowest BCUT2D eigenvalue weighted by Gasteiger charge is -2.25. The summed E-state index contributed by atoms with van der Waals surface area (Å²) in [5.74, 6) is -2.62. The van der Waals surface area contributed by atoms with Crippen LogP contribution in [0.5, 0.6) is 0 Å². The van der Waals surface area contributed by atoms with Crippen molar-refractivity contribution in [1.82, 2.24) is 10.6 Å². The molecule has 8 nitrogen and oxygen atoms in total. The monoisotopic (exact) mass is 289 g/mol. The molecule has 2 amide bonds. The second-order valence-corrected chi connectivity index (χ2v) is 4.73.